The molecule has 1 aliphatic heterocycles. The quantitative estimate of drug-likeness (QED) is 0.858. The molecule has 0 saturated carbocycles. The van der Waals surface area contributed by atoms with Crippen molar-refractivity contribution in [2.24, 2.45) is 16.1 Å². The molecule has 1 aromatic heterocycles. The Morgan fingerprint density at radius 2 is 1.86 bits per heavy atom. The predicted octanol–water partition coefficient (Wildman–Crippen LogP) is 3.76. The first-order chi connectivity index (χ1) is 13.6. The van der Waals surface area contributed by atoms with E-state index in [1.807, 2.05) is 48.6 Å². The number of aromatic nitrogens is 2. The summed E-state index contributed by atoms with van der Waals surface area (Å²) < 4.78 is 0. The molecule has 1 atom stereocenters. The van der Waals surface area contributed by atoms with Crippen molar-refractivity contribution < 1.29 is 9.59 Å². The van der Waals surface area contributed by atoms with Crippen LogP contribution in [0.15, 0.2) is 76.5 Å². The van der Waals surface area contributed by atoms with Crippen LogP contribution in [0.5, 0.6) is 0 Å². The molecule has 8 heteroatoms. The molecule has 2 aromatic rings. The Balaban J connectivity index is 1.48. The molecule has 0 spiro atoms. The summed E-state index contributed by atoms with van der Waals surface area (Å²) in [4.78, 5) is 24.1. The van der Waals surface area contributed by atoms with Crippen LogP contribution in [-0.2, 0) is 16.0 Å². The van der Waals surface area contributed by atoms with Crippen molar-refractivity contribution in [1.29, 1.82) is 0 Å². The van der Waals surface area contributed by atoms with Crippen LogP contribution in [0.2, 0.25) is 5.15 Å². The SMILES string of the molecule is O=C(Cc1ccc(C2=C3C=CC=CC3C(=O)N=N2)cc1)Nc1ccc(Cl)nn1. The van der Waals surface area contributed by atoms with Gasteiger partial charge in [-0.05, 0) is 23.3 Å². The summed E-state index contributed by atoms with van der Waals surface area (Å²) >= 11 is 5.68. The molecule has 2 heterocycles. The maximum absolute atomic E-state index is 12.2. The van der Waals surface area contributed by atoms with E-state index in [-0.39, 0.29) is 29.3 Å². The van der Waals surface area contributed by atoms with Gasteiger partial charge in [0.05, 0.1) is 18.0 Å². The normalized spacial score (nSPS) is 17.6. The van der Waals surface area contributed by atoms with Gasteiger partial charge in [-0.2, -0.15) is 0 Å². The second kappa shape index (κ2) is 7.66. The number of nitrogens with one attached hydrogen (secondary N) is 1. The van der Waals surface area contributed by atoms with E-state index in [9.17, 15) is 9.59 Å². The number of nitrogens with zero attached hydrogens (tertiary/aromatic N) is 4. The third kappa shape index (κ3) is 3.79. The summed E-state index contributed by atoms with van der Waals surface area (Å²) in [6.45, 7) is 0. The van der Waals surface area contributed by atoms with E-state index < -0.39 is 0 Å². The standard InChI is InChI=1S/C20H14ClN5O2/c21-16-9-10-17(24-23-16)22-18(27)11-12-5-7-13(8-6-12)19-14-3-1-2-4-15(14)20(28)26-25-19/h1-10,15H,11H2,(H,22,24,27). The topological polar surface area (TPSA) is 96.7 Å². The summed E-state index contributed by atoms with van der Waals surface area (Å²) in [7, 11) is 0. The minimum Gasteiger partial charge on any atom is -0.309 e. The Bertz CT molecular complexity index is 1050. The van der Waals surface area contributed by atoms with Crippen LogP contribution >= 0.6 is 11.6 Å². The number of rotatable bonds is 4. The average Bonchev–Trinajstić information content (AvgIpc) is 2.71. The highest BCUT2D eigenvalue weighted by Gasteiger charge is 2.27. The number of allylic oxidation sites excluding steroid dienone is 3. The molecular formula is C20H14ClN5O2. The Morgan fingerprint density at radius 1 is 1.04 bits per heavy atom. The molecular weight excluding hydrogens is 378 g/mol. The highest BCUT2D eigenvalue weighted by Crippen LogP contribution is 2.34. The lowest BCUT2D eigenvalue weighted by atomic mass is 9.89. The Labute approximate surface area is 165 Å². The van der Waals surface area contributed by atoms with Crippen molar-refractivity contribution >= 4 is 34.9 Å². The molecule has 0 saturated heterocycles. The molecule has 138 valence electrons. The van der Waals surface area contributed by atoms with Crippen LogP contribution in [0, 0.1) is 5.92 Å². The van der Waals surface area contributed by atoms with Gasteiger partial charge in [0.25, 0.3) is 5.91 Å². The molecule has 1 aliphatic carbocycles. The second-order valence-corrected chi connectivity index (χ2v) is 6.61. The number of amides is 2. The molecule has 1 aromatic carbocycles. The fraction of sp³-hybridized carbons (Fsp3) is 0.100. The van der Waals surface area contributed by atoms with Gasteiger partial charge in [0, 0.05) is 5.56 Å². The van der Waals surface area contributed by atoms with E-state index >= 15 is 0 Å². The zero-order valence-corrected chi connectivity index (χ0v) is 15.3. The van der Waals surface area contributed by atoms with Gasteiger partial charge in [-0.25, -0.2) is 0 Å². The lowest BCUT2D eigenvalue weighted by Crippen LogP contribution is -2.17. The maximum Gasteiger partial charge on any atom is 0.276 e. The maximum atomic E-state index is 12.2. The fourth-order valence-corrected chi connectivity index (χ4v) is 3.06. The highest BCUT2D eigenvalue weighted by atomic mass is 35.5. The van der Waals surface area contributed by atoms with Crippen LogP contribution in [0.1, 0.15) is 11.1 Å². The summed E-state index contributed by atoms with van der Waals surface area (Å²) in [5.41, 5.74) is 3.16. The van der Waals surface area contributed by atoms with E-state index in [0.29, 0.717) is 11.5 Å². The Kier molecular flexibility index (Phi) is 4.90. The van der Waals surface area contributed by atoms with Crippen molar-refractivity contribution in [2.75, 3.05) is 5.32 Å². The molecule has 0 radical (unpaired) electrons. The molecule has 2 amide bonds. The van der Waals surface area contributed by atoms with Crippen LogP contribution in [0.25, 0.3) is 5.70 Å². The van der Waals surface area contributed by atoms with Gasteiger partial charge in [0.15, 0.2) is 11.0 Å². The van der Waals surface area contributed by atoms with E-state index in [1.165, 1.54) is 0 Å². The number of hydrogen-bond acceptors (Lipinski definition) is 5. The number of azo groups is 1. The van der Waals surface area contributed by atoms with Crippen molar-refractivity contribution in [3.63, 3.8) is 0 Å². The van der Waals surface area contributed by atoms with Crippen molar-refractivity contribution in [3.05, 3.63) is 82.6 Å². The van der Waals surface area contributed by atoms with Gasteiger partial charge < -0.3 is 5.32 Å². The number of carbonyl (C=O) groups is 2. The highest BCUT2D eigenvalue weighted by molar-refractivity contribution is 6.29. The van der Waals surface area contributed by atoms with Crippen LogP contribution in [-0.4, -0.2) is 22.0 Å². The fourth-order valence-electron chi connectivity index (χ4n) is 2.96. The zero-order chi connectivity index (χ0) is 19.5. The molecule has 0 bridgehead atoms. The van der Waals surface area contributed by atoms with Crippen LogP contribution in [0.4, 0.5) is 5.82 Å². The lowest BCUT2D eigenvalue weighted by molar-refractivity contribution is -0.120. The van der Waals surface area contributed by atoms with E-state index in [2.05, 4.69) is 25.7 Å². The molecule has 2 aliphatic rings. The molecule has 7 nitrogen and oxygen atoms in total. The van der Waals surface area contributed by atoms with Gasteiger partial charge >= 0.3 is 0 Å². The monoisotopic (exact) mass is 391 g/mol. The third-order valence-electron chi connectivity index (χ3n) is 4.31. The summed E-state index contributed by atoms with van der Waals surface area (Å²) in [5, 5.41) is 18.2. The summed E-state index contributed by atoms with van der Waals surface area (Å²) in [6, 6.07) is 10.6. The first-order valence-corrected chi connectivity index (χ1v) is 8.91. The number of hydrogen-bond donors (Lipinski definition) is 1. The number of fused-ring (bicyclic) bond motifs is 1. The van der Waals surface area contributed by atoms with Gasteiger partial charge in [-0.3, -0.25) is 9.59 Å². The van der Waals surface area contributed by atoms with E-state index in [1.54, 1.807) is 12.1 Å². The Morgan fingerprint density at radius 3 is 2.61 bits per heavy atom. The minimum absolute atomic E-state index is 0.182. The minimum atomic E-state index is -0.386. The van der Waals surface area contributed by atoms with Crippen molar-refractivity contribution in [1.82, 2.24) is 10.2 Å². The molecule has 1 unspecified atom stereocenters. The smallest absolute Gasteiger partial charge is 0.276 e. The first-order valence-electron chi connectivity index (χ1n) is 8.53. The van der Waals surface area contributed by atoms with Crippen LogP contribution < -0.4 is 5.32 Å². The molecule has 4 rings (SSSR count). The number of halogens is 1. The second-order valence-electron chi connectivity index (χ2n) is 6.23. The third-order valence-corrected chi connectivity index (χ3v) is 4.51. The van der Waals surface area contributed by atoms with E-state index in [0.717, 1.165) is 16.7 Å². The van der Waals surface area contributed by atoms with Gasteiger partial charge in [0.2, 0.25) is 5.91 Å². The molecule has 0 fully saturated rings. The average molecular weight is 392 g/mol. The first kappa shape index (κ1) is 17.9. The van der Waals surface area contributed by atoms with E-state index in [4.69, 9.17) is 11.6 Å². The predicted molar refractivity (Wildman–Crippen MR) is 104 cm³/mol. The largest absolute Gasteiger partial charge is 0.309 e. The summed E-state index contributed by atoms with van der Waals surface area (Å²) in [6.07, 6.45) is 7.58. The molecule has 1 N–H and O–H groups in total. The zero-order valence-electron chi connectivity index (χ0n) is 14.5. The van der Waals surface area contributed by atoms with Gasteiger partial charge in [-0.1, -0.05) is 60.2 Å². The van der Waals surface area contributed by atoms with Crippen molar-refractivity contribution in [3.8, 4) is 0 Å². The van der Waals surface area contributed by atoms with Crippen LogP contribution in [0.3, 0.4) is 0 Å². The van der Waals surface area contributed by atoms with Gasteiger partial charge in [-0.15, -0.1) is 20.4 Å². The van der Waals surface area contributed by atoms with Crippen molar-refractivity contribution in [2.45, 2.75) is 6.42 Å². The summed E-state index contributed by atoms with van der Waals surface area (Å²) in [5.74, 6) is -0.524. The lowest BCUT2D eigenvalue weighted by Gasteiger charge is -2.19. The van der Waals surface area contributed by atoms with Gasteiger partial charge in [0.1, 0.15) is 0 Å². The Hall–Kier alpha value is -3.45. The molecule has 28 heavy (non-hydrogen) atoms. The number of benzene rings is 1. The number of anilines is 1. The number of carbonyl (C=O) groups excluding carboxylic acids is 2.